The van der Waals surface area contributed by atoms with E-state index in [1.54, 1.807) is 6.07 Å². The average molecular weight is 429 g/mol. The number of nitrogens with two attached hydrogens (primary N) is 1. The van der Waals surface area contributed by atoms with Crippen LogP contribution in [-0.4, -0.2) is 26.9 Å². The van der Waals surface area contributed by atoms with Crippen LogP contribution in [0.1, 0.15) is 33.1 Å². The summed E-state index contributed by atoms with van der Waals surface area (Å²) in [7, 11) is -3.64. The molecule has 1 aromatic rings. The number of amides is 1. The number of sulfonamides is 1. The minimum absolute atomic E-state index is 0. The van der Waals surface area contributed by atoms with Crippen molar-refractivity contribution >= 4 is 50.0 Å². The Balaban J connectivity index is 0.00000484. The molecule has 1 atom stereocenters. The Labute approximate surface area is 152 Å². The van der Waals surface area contributed by atoms with Crippen molar-refractivity contribution in [2.75, 3.05) is 11.9 Å². The van der Waals surface area contributed by atoms with Gasteiger partial charge < -0.3 is 11.1 Å². The molecule has 0 spiro atoms. The zero-order valence-electron chi connectivity index (χ0n) is 13.1. The highest BCUT2D eigenvalue weighted by Crippen LogP contribution is 2.26. The van der Waals surface area contributed by atoms with Crippen LogP contribution in [0.3, 0.4) is 0 Å². The highest BCUT2D eigenvalue weighted by Gasteiger charge is 2.20. The summed E-state index contributed by atoms with van der Waals surface area (Å²) in [5.74, 6) is -0.225. The van der Waals surface area contributed by atoms with Gasteiger partial charge in [0, 0.05) is 24.0 Å². The van der Waals surface area contributed by atoms with E-state index in [1.165, 1.54) is 19.1 Å². The average Bonchev–Trinajstić information content (AvgIpc) is 2.44. The van der Waals surface area contributed by atoms with Crippen molar-refractivity contribution in [3.63, 3.8) is 0 Å². The molecule has 9 heteroatoms. The molecule has 0 aliphatic heterocycles. The molecule has 1 rings (SSSR count). The molecule has 23 heavy (non-hydrogen) atoms. The van der Waals surface area contributed by atoms with Gasteiger partial charge in [-0.15, -0.1) is 12.4 Å². The van der Waals surface area contributed by atoms with E-state index in [-0.39, 0.29) is 35.8 Å². The van der Waals surface area contributed by atoms with E-state index in [1.807, 2.05) is 6.92 Å². The molecule has 0 aromatic heterocycles. The first-order valence-corrected chi connectivity index (χ1v) is 9.37. The Morgan fingerprint density at radius 1 is 1.39 bits per heavy atom. The molecule has 0 aliphatic rings. The van der Waals surface area contributed by atoms with E-state index in [4.69, 9.17) is 5.73 Å². The summed E-state index contributed by atoms with van der Waals surface area (Å²) in [5, 5.41) is 2.61. The number of carbonyl (C=O) groups is 1. The third-order valence-corrected chi connectivity index (χ3v) is 5.25. The summed E-state index contributed by atoms with van der Waals surface area (Å²) in [6, 6.07) is 4.18. The lowest BCUT2D eigenvalue weighted by atomic mass is 10.1. The summed E-state index contributed by atoms with van der Waals surface area (Å²) in [4.78, 5) is 11.2. The number of rotatable bonds is 8. The van der Waals surface area contributed by atoms with E-state index in [9.17, 15) is 13.2 Å². The molecule has 0 aliphatic carbocycles. The molecule has 0 bridgehead atoms. The van der Waals surface area contributed by atoms with Gasteiger partial charge in [-0.1, -0.05) is 19.8 Å². The molecule has 0 fully saturated rings. The number of hydrogen-bond donors (Lipinski definition) is 3. The molecule has 1 unspecified atom stereocenters. The van der Waals surface area contributed by atoms with Gasteiger partial charge in [-0.05, 0) is 40.5 Å². The van der Waals surface area contributed by atoms with Crippen LogP contribution in [0, 0.1) is 0 Å². The Morgan fingerprint density at radius 3 is 2.52 bits per heavy atom. The van der Waals surface area contributed by atoms with Crippen LogP contribution in [0.5, 0.6) is 0 Å². The topological polar surface area (TPSA) is 101 Å². The van der Waals surface area contributed by atoms with Gasteiger partial charge in [-0.2, -0.15) is 0 Å². The summed E-state index contributed by atoms with van der Waals surface area (Å²) in [6.07, 6.45) is 2.60. The number of carbonyl (C=O) groups excluding carboxylic acids is 1. The molecule has 132 valence electrons. The lowest BCUT2D eigenvalue weighted by molar-refractivity contribution is -0.114. The van der Waals surface area contributed by atoms with Gasteiger partial charge in [-0.25, -0.2) is 13.1 Å². The predicted octanol–water partition coefficient (Wildman–Crippen LogP) is 2.63. The van der Waals surface area contributed by atoms with Crippen molar-refractivity contribution < 1.29 is 13.2 Å². The van der Waals surface area contributed by atoms with Crippen molar-refractivity contribution in [1.29, 1.82) is 0 Å². The van der Waals surface area contributed by atoms with Crippen LogP contribution < -0.4 is 15.8 Å². The second-order valence-electron chi connectivity index (χ2n) is 5.02. The lowest BCUT2D eigenvalue weighted by Crippen LogP contribution is -2.40. The predicted molar refractivity (Wildman–Crippen MR) is 98.4 cm³/mol. The fraction of sp³-hybridized carbons (Fsp3) is 0.500. The number of unbranched alkanes of at least 4 members (excludes halogenated alkanes) is 1. The first kappa shape index (κ1) is 22.3. The zero-order valence-corrected chi connectivity index (χ0v) is 16.4. The maximum Gasteiger partial charge on any atom is 0.240 e. The number of anilines is 1. The smallest absolute Gasteiger partial charge is 0.240 e. The summed E-state index contributed by atoms with van der Waals surface area (Å²) in [5.41, 5.74) is 6.15. The molecule has 4 N–H and O–H groups in total. The maximum atomic E-state index is 12.4. The molecule has 0 saturated heterocycles. The van der Waals surface area contributed by atoms with Gasteiger partial charge in [0.05, 0.1) is 10.6 Å². The molecule has 1 amide bonds. The third-order valence-electron chi connectivity index (χ3n) is 3.07. The van der Waals surface area contributed by atoms with Crippen LogP contribution in [0.15, 0.2) is 27.6 Å². The van der Waals surface area contributed by atoms with Gasteiger partial charge in [0.25, 0.3) is 0 Å². The third kappa shape index (κ3) is 7.17. The molecule has 0 saturated carbocycles. The number of nitrogens with one attached hydrogen (secondary N) is 2. The molecular formula is C14H23BrClN3O3S. The number of benzene rings is 1. The largest absolute Gasteiger partial charge is 0.329 e. The molecule has 0 heterocycles. The Bertz CT molecular complexity index is 626. The lowest BCUT2D eigenvalue weighted by Gasteiger charge is -2.17. The van der Waals surface area contributed by atoms with Crippen molar-refractivity contribution in [1.82, 2.24) is 4.72 Å². The normalized spacial score (nSPS) is 12.3. The second kappa shape index (κ2) is 10.2. The zero-order chi connectivity index (χ0) is 16.8. The van der Waals surface area contributed by atoms with Crippen molar-refractivity contribution in [3.05, 3.63) is 22.7 Å². The first-order valence-electron chi connectivity index (χ1n) is 7.09. The Morgan fingerprint density at radius 2 is 2.04 bits per heavy atom. The fourth-order valence-electron chi connectivity index (χ4n) is 1.92. The van der Waals surface area contributed by atoms with Crippen LogP contribution in [0.2, 0.25) is 0 Å². The van der Waals surface area contributed by atoms with Crippen molar-refractivity contribution in [3.8, 4) is 0 Å². The van der Waals surface area contributed by atoms with E-state index >= 15 is 0 Å². The van der Waals surface area contributed by atoms with Crippen LogP contribution >= 0.6 is 28.3 Å². The molecule has 1 aromatic carbocycles. The van der Waals surface area contributed by atoms with Crippen LogP contribution in [0.25, 0.3) is 0 Å². The number of halogens is 2. The van der Waals surface area contributed by atoms with E-state index in [0.717, 1.165) is 12.8 Å². The van der Waals surface area contributed by atoms with Crippen molar-refractivity contribution in [2.45, 2.75) is 44.0 Å². The molecule has 0 radical (unpaired) electrons. The quantitative estimate of drug-likeness (QED) is 0.592. The monoisotopic (exact) mass is 427 g/mol. The fourth-order valence-corrected chi connectivity index (χ4v) is 3.86. The number of hydrogen-bond acceptors (Lipinski definition) is 4. The van der Waals surface area contributed by atoms with E-state index in [0.29, 0.717) is 16.6 Å². The Hall–Kier alpha value is -0.670. The van der Waals surface area contributed by atoms with Crippen LogP contribution in [-0.2, 0) is 14.8 Å². The summed E-state index contributed by atoms with van der Waals surface area (Å²) < 4.78 is 27.9. The standard InChI is InChI=1S/C14H22BrN3O3S.ClH/c1-3-4-5-11(9-16)18-22(20,21)12-6-7-14(13(15)8-12)17-10(2)19;/h6-8,11,18H,3-5,9,16H2,1-2H3,(H,17,19);1H. The SMILES string of the molecule is CCCCC(CN)NS(=O)(=O)c1ccc(NC(C)=O)c(Br)c1.Cl. The minimum atomic E-state index is -3.64. The van der Waals surface area contributed by atoms with Crippen LogP contribution in [0.4, 0.5) is 5.69 Å². The van der Waals surface area contributed by atoms with Gasteiger partial charge in [0.1, 0.15) is 0 Å². The minimum Gasteiger partial charge on any atom is -0.329 e. The summed E-state index contributed by atoms with van der Waals surface area (Å²) in [6.45, 7) is 3.68. The highest BCUT2D eigenvalue weighted by molar-refractivity contribution is 9.10. The summed E-state index contributed by atoms with van der Waals surface area (Å²) >= 11 is 3.26. The van der Waals surface area contributed by atoms with Gasteiger partial charge in [0.2, 0.25) is 15.9 Å². The van der Waals surface area contributed by atoms with Gasteiger partial charge in [-0.3, -0.25) is 4.79 Å². The first-order chi connectivity index (χ1) is 10.3. The second-order valence-corrected chi connectivity index (χ2v) is 7.59. The highest BCUT2D eigenvalue weighted by atomic mass is 79.9. The van der Waals surface area contributed by atoms with Gasteiger partial charge >= 0.3 is 0 Å². The van der Waals surface area contributed by atoms with E-state index in [2.05, 4.69) is 26.0 Å². The molecule has 6 nitrogen and oxygen atoms in total. The van der Waals surface area contributed by atoms with Gasteiger partial charge in [0.15, 0.2) is 0 Å². The van der Waals surface area contributed by atoms with Crippen molar-refractivity contribution in [2.24, 2.45) is 5.73 Å². The van der Waals surface area contributed by atoms with E-state index < -0.39 is 10.0 Å². The maximum absolute atomic E-state index is 12.4. The molecular weight excluding hydrogens is 406 g/mol. The Kier molecular flexibility index (Phi) is 9.95.